The van der Waals surface area contributed by atoms with Crippen LogP contribution < -0.4 is 11.5 Å². The van der Waals surface area contributed by atoms with Crippen molar-refractivity contribution in [2.24, 2.45) is 0 Å². The largest absolute Gasteiger partial charge is 0.477 e. The number of halogens is 2. The molecule has 0 aromatic carbocycles. The monoisotopic (exact) mass is 776 g/mol. The Kier molecular flexibility index (Phi) is 10.5. The van der Waals surface area contributed by atoms with Crippen LogP contribution in [-0.2, 0) is 50.7 Å². The first-order valence-electron chi connectivity index (χ1n) is 15.5. The minimum Gasteiger partial charge on any atom is -0.469 e. The van der Waals surface area contributed by atoms with Crippen molar-refractivity contribution >= 4 is 49.4 Å². The number of aromatic nitrogens is 8. The lowest BCUT2D eigenvalue weighted by atomic mass is 10.1. The first-order chi connectivity index (χ1) is 25.0. The molecule has 9 atom stereocenters. The Balaban J connectivity index is 1.25. The van der Waals surface area contributed by atoms with E-state index in [4.69, 9.17) is 53.0 Å². The molecular weight excluding hydrogens is 744 g/mol. The molecule has 282 valence electrons. The molecule has 7 heterocycles. The highest BCUT2D eigenvalue weighted by Gasteiger charge is 2.54. The van der Waals surface area contributed by atoms with Gasteiger partial charge in [0.05, 0.1) is 19.1 Å². The van der Waals surface area contributed by atoms with Crippen LogP contribution in [0.2, 0.25) is 0 Å². The normalized spacial score (nSPS) is 33.5. The number of alkyl halides is 2. The van der Waals surface area contributed by atoms with Crippen LogP contribution in [0.1, 0.15) is 19.4 Å². The molecule has 22 nitrogen and oxygen atoms in total. The number of hydrogen-bond acceptors (Lipinski definition) is 20. The van der Waals surface area contributed by atoms with E-state index in [0.717, 1.165) is 18.7 Å². The number of hydrogen-bond donors (Lipinski definition) is 3. The van der Waals surface area contributed by atoms with E-state index in [0.29, 0.717) is 6.61 Å². The average Bonchev–Trinajstić information content (AvgIpc) is 3.88. The van der Waals surface area contributed by atoms with Gasteiger partial charge in [0, 0.05) is 6.61 Å². The maximum atomic E-state index is 16.5. The molecule has 52 heavy (non-hydrogen) atoms. The third kappa shape index (κ3) is 6.99. The van der Waals surface area contributed by atoms with Gasteiger partial charge in [0.2, 0.25) is 6.23 Å². The number of rotatable bonds is 10. The Morgan fingerprint density at radius 3 is 2.23 bits per heavy atom. The van der Waals surface area contributed by atoms with Crippen LogP contribution in [0.15, 0.2) is 37.1 Å². The third-order valence-corrected chi connectivity index (χ3v) is 11.1. The minimum absolute atomic E-state index is 0.00921. The van der Waals surface area contributed by atoms with Crippen molar-refractivity contribution in [3.05, 3.63) is 37.1 Å². The summed E-state index contributed by atoms with van der Waals surface area (Å²) in [5.41, 5.74) is 12.2. The predicted octanol–water partition coefficient (Wildman–Crippen LogP) is 1.87. The molecule has 4 aromatic rings. The van der Waals surface area contributed by atoms with E-state index in [1.54, 1.807) is 6.92 Å². The first-order valence-corrected chi connectivity index (χ1v) is 18.7. The fourth-order valence-corrected chi connectivity index (χ4v) is 8.31. The number of nitrogens with two attached hydrogens (primary N) is 2. The molecule has 3 aliphatic heterocycles. The van der Waals surface area contributed by atoms with E-state index >= 15 is 8.78 Å². The van der Waals surface area contributed by atoms with Gasteiger partial charge in [-0.1, -0.05) is 0 Å². The number of nitrogen functional groups attached to an aromatic ring is 2. The summed E-state index contributed by atoms with van der Waals surface area (Å²) in [6.45, 7) is -0.842. The van der Waals surface area contributed by atoms with E-state index in [2.05, 4.69) is 29.9 Å². The van der Waals surface area contributed by atoms with Crippen molar-refractivity contribution in [1.82, 2.24) is 39.0 Å². The zero-order valence-corrected chi connectivity index (χ0v) is 28.8. The molecule has 3 aliphatic rings. The van der Waals surface area contributed by atoms with Crippen molar-refractivity contribution in [3.63, 3.8) is 0 Å². The van der Waals surface area contributed by atoms with Crippen molar-refractivity contribution < 1.29 is 64.6 Å². The minimum atomic E-state index is -4.92. The van der Waals surface area contributed by atoms with Gasteiger partial charge in [-0.25, -0.2) is 43.2 Å². The highest BCUT2D eigenvalue weighted by molar-refractivity contribution is 7.54. The summed E-state index contributed by atoms with van der Waals surface area (Å²) < 4.78 is 113. The van der Waals surface area contributed by atoms with Crippen molar-refractivity contribution in [1.29, 1.82) is 0 Å². The molecule has 2 unspecified atom stereocenters. The van der Waals surface area contributed by atoms with Gasteiger partial charge in [-0.3, -0.25) is 36.3 Å². The fraction of sp³-hybridized carbons (Fsp3) is 0.538. The lowest BCUT2D eigenvalue weighted by Crippen LogP contribution is -2.35. The van der Waals surface area contributed by atoms with Crippen LogP contribution in [0.3, 0.4) is 0 Å². The number of allylic oxidation sites excluding steroid dienone is 1. The lowest BCUT2D eigenvalue weighted by molar-refractivity contribution is -0.102. The molecule has 2 saturated heterocycles. The highest BCUT2D eigenvalue weighted by atomic mass is 31.2. The van der Waals surface area contributed by atoms with Gasteiger partial charge >= 0.3 is 15.4 Å². The average molecular weight is 777 g/mol. The summed E-state index contributed by atoms with van der Waals surface area (Å²) in [5, 5.41) is 9.59. The van der Waals surface area contributed by atoms with Crippen molar-refractivity contribution in [2.45, 2.75) is 50.0 Å². The molecule has 0 aliphatic carbocycles. The van der Waals surface area contributed by atoms with E-state index in [1.165, 1.54) is 21.8 Å². The van der Waals surface area contributed by atoms with Crippen molar-refractivity contribution in [3.8, 4) is 0 Å². The van der Waals surface area contributed by atoms with Gasteiger partial charge in [0.15, 0.2) is 61.2 Å². The number of imidazole rings is 2. The van der Waals surface area contributed by atoms with Gasteiger partial charge in [0.25, 0.3) is 0 Å². The Hall–Kier alpha value is -3.80. The second-order valence-electron chi connectivity index (χ2n) is 11.2. The van der Waals surface area contributed by atoms with Crippen LogP contribution in [0.5, 0.6) is 0 Å². The SMILES string of the molecule is CCOCOCOP1(=O)C/C=C2/O[C@@H](n3cnc4c(N)ncnc43)[C@H](F)[C@@H]2OP(=O)(OCO)OC[C@H]2O[C@@H](n3cnc4c(N)ncnc43)[C@H](F)[C@@H]2O1. The quantitative estimate of drug-likeness (QED) is 0.118. The summed E-state index contributed by atoms with van der Waals surface area (Å²) >= 11 is 0. The van der Waals surface area contributed by atoms with Crippen molar-refractivity contribution in [2.75, 3.05) is 51.2 Å². The maximum Gasteiger partial charge on any atom is 0.477 e. The first kappa shape index (κ1) is 36.6. The van der Waals surface area contributed by atoms with Gasteiger partial charge in [-0.2, -0.15) is 0 Å². The number of fused-ring (bicyclic) bond motifs is 4. The van der Waals surface area contributed by atoms with Crippen LogP contribution in [-0.4, -0.2) is 115 Å². The molecule has 7 rings (SSSR count). The second-order valence-corrected chi connectivity index (χ2v) is 14.9. The van der Waals surface area contributed by atoms with Gasteiger partial charge in [-0.15, -0.1) is 0 Å². The molecule has 26 heteroatoms. The summed E-state index contributed by atoms with van der Waals surface area (Å²) in [6.07, 6.45) is -7.46. The Morgan fingerprint density at radius 2 is 1.58 bits per heavy atom. The topological polar surface area (TPSA) is 277 Å². The number of phosphoric ester groups is 1. The number of anilines is 2. The van der Waals surface area contributed by atoms with E-state index in [9.17, 15) is 14.2 Å². The Labute approximate surface area is 291 Å². The van der Waals surface area contributed by atoms with Gasteiger partial charge in [-0.05, 0) is 13.0 Å². The zero-order chi connectivity index (χ0) is 36.6. The van der Waals surface area contributed by atoms with Crippen LogP contribution in [0, 0.1) is 0 Å². The molecule has 0 saturated carbocycles. The fourth-order valence-electron chi connectivity index (χ4n) is 5.63. The summed E-state index contributed by atoms with van der Waals surface area (Å²) in [6, 6.07) is 0. The summed E-state index contributed by atoms with van der Waals surface area (Å²) in [7, 11) is -9.39. The maximum absolute atomic E-state index is 16.5. The molecule has 0 spiro atoms. The molecule has 5 N–H and O–H groups in total. The third-order valence-electron chi connectivity index (χ3n) is 8.05. The molecular formula is C26H32F2N10O12P2. The number of phosphoric acid groups is 1. The highest BCUT2D eigenvalue weighted by Crippen LogP contribution is 2.58. The molecule has 4 aromatic heterocycles. The van der Waals surface area contributed by atoms with E-state index < -0.39 is 84.9 Å². The number of ether oxygens (including phenoxy) is 4. The number of aliphatic hydroxyl groups excluding tert-OH is 1. The van der Waals surface area contributed by atoms with E-state index in [1.807, 2.05) is 0 Å². The molecule has 0 radical (unpaired) electrons. The van der Waals surface area contributed by atoms with Crippen LogP contribution in [0.4, 0.5) is 20.4 Å². The second kappa shape index (κ2) is 14.9. The number of aliphatic hydroxyl groups is 1. The predicted molar refractivity (Wildman–Crippen MR) is 169 cm³/mol. The zero-order valence-electron chi connectivity index (χ0n) is 27.0. The molecule has 2 fully saturated rings. The molecule has 0 bridgehead atoms. The lowest BCUT2D eigenvalue weighted by Gasteiger charge is -2.27. The summed E-state index contributed by atoms with van der Waals surface area (Å²) in [5.74, 6) is -0.346. The Bertz CT molecular complexity index is 2040. The Morgan fingerprint density at radius 1 is 0.904 bits per heavy atom. The standard InChI is InChI=1S/C26H32F2N10O12P2/c1-2-42-11-43-12-46-51(40)4-3-13-19(15(27)25(47-13)37-8-35-17-21(29)31-6-33-23(17)37)50-52(41,45-10-39)44-5-14-20(49-51)16(28)26(48-14)38-9-36-18-22(30)32-7-34-24(18)38/h3,6-9,14-16,19-20,25-26,39H,2,4-5,10-12H2,1H3,(H2,29,31,33)(H2,30,32,34)/b13-3+/t14-,15-,16-,19-,20-,25-,26-,51?,52?/m1/s1. The van der Waals surface area contributed by atoms with Gasteiger partial charge < -0.3 is 35.5 Å². The molecule has 0 amide bonds. The summed E-state index contributed by atoms with van der Waals surface area (Å²) in [4.78, 5) is 24.2. The smallest absolute Gasteiger partial charge is 0.469 e. The van der Waals surface area contributed by atoms with Crippen LogP contribution in [0.25, 0.3) is 22.3 Å². The number of nitrogens with zero attached hydrogens (tertiary/aromatic N) is 8. The van der Waals surface area contributed by atoms with Crippen LogP contribution >= 0.6 is 15.4 Å². The van der Waals surface area contributed by atoms with Gasteiger partial charge in [0.1, 0.15) is 54.8 Å². The van der Waals surface area contributed by atoms with E-state index in [-0.39, 0.29) is 46.5 Å².